The van der Waals surface area contributed by atoms with Crippen LogP contribution in [-0.4, -0.2) is 12.6 Å². The Morgan fingerprint density at radius 2 is 1.95 bits per heavy atom. The summed E-state index contributed by atoms with van der Waals surface area (Å²) in [7, 11) is 0. The van der Waals surface area contributed by atoms with Crippen LogP contribution in [0.2, 0.25) is 0 Å². The predicted octanol–water partition coefficient (Wildman–Crippen LogP) is 3.81. The highest BCUT2D eigenvalue weighted by Crippen LogP contribution is 2.27. The number of anilines is 3. The first kappa shape index (κ1) is 14.9. The van der Waals surface area contributed by atoms with E-state index in [1.54, 1.807) is 25.1 Å². The molecule has 0 amide bonds. The van der Waals surface area contributed by atoms with Crippen molar-refractivity contribution in [1.82, 2.24) is 0 Å². The molecule has 2 aromatic rings. The number of carbonyl (C=O) groups excluding carboxylic acids is 1. The van der Waals surface area contributed by atoms with E-state index in [0.29, 0.717) is 23.5 Å². The summed E-state index contributed by atoms with van der Waals surface area (Å²) in [5, 5.41) is 3.29. The molecule has 0 bridgehead atoms. The predicted molar refractivity (Wildman–Crippen MR) is 86.0 cm³/mol. The van der Waals surface area contributed by atoms with E-state index >= 15 is 0 Å². The molecule has 0 aromatic heterocycles. The second-order valence-corrected chi connectivity index (χ2v) is 4.90. The van der Waals surface area contributed by atoms with Crippen LogP contribution in [0, 0.1) is 13.8 Å². The zero-order valence-electron chi connectivity index (χ0n) is 12.6. The fourth-order valence-corrected chi connectivity index (χ4v) is 2.08. The normalized spacial score (nSPS) is 10.2. The first-order valence-corrected chi connectivity index (χ1v) is 6.92. The van der Waals surface area contributed by atoms with E-state index < -0.39 is 0 Å². The van der Waals surface area contributed by atoms with E-state index in [-0.39, 0.29) is 5.97 Å². The molecule has 0 aliphatic rings. The van der Waals surface area contributed by atoms with Gasteiger partial charge in [0.25, 0.3) is 0 Å². The molecule has 110 valence electrons. The van der Waals surface area contributed by atoms with Crippen molar-refractivity contribution in [2.45, 2.75) is 20.8 Å². The highest BCUT2D eigenvalue weighted by Gasteiger charge is 2.14. The topological polar surface area (TPSA) is 64.3 Å². The average Bonchev–Trinajstić information content (AvgIpc) is 2.46. The standard InChI is InChI=1S/C17H20N2O2/c1-4-21-17(20)14-10-13(18)8-9-16(14)19-15-7-5-6-11(2)12(15)3/h5-10,19H,4,18H2,1-3H3. The van der Waals surface area contributed by atoms with Crippen LogP contribution in [0.3, 0.4) is 0 Å². The number of nitrogens with two attached hydrogens (primary N) is 1. The minimum absolute atomic E-state index is 0.330. The summed E-state index contributed by atoms with van der Waals surface area (Å²) < 4.78 is 5.08. The van der Waals surface area contributed by atoms with Gasteiger partial charge in [-0.3, -0.25) is 0 Å². The Kier molecular flexibility index (Phi) is 4.48. The van der Waals surface area contributed by atoms with Crippen molar-refractivity contribution >= 4 is 23.0 Å². The van der Waals surface area contributed by atoms with Gasteiger partial charge in [-0.05, 0) is 56.2 Å². The van der Waals surface area contributed by atoms with Crippen molar-refractivity contribution in [3.8, 4) is 0 Å². The van der Waals surface area contributed by atoms with Crippen LogP contribution in [0.25, 0.3) is 0 Å². The zero-order chi connectivity index (χ0) is 15.4. The number of ether oxygens (including phenoxy) is 1. The highest BCUT2D eigenvalue weighted by atomic mass is 16.5. The number of nitrogens with one attached hydrogen (secondary N) is 1. The number of carbonyl (C=O) groups is 1. The summed E-state index contributed by atoms with van der Waals surface area (Å²) in [5.74, 6) is -0.377. The molecule has 4 nitrogen and oxygen atoms in total. The Morgan fingerprint density at radius 3 is 2.67 bits per heavy atom. The van der Waals surface area contributed by atoms with Gasteiger partial charge >= 0.3 is 5.97 Å². The van der Waals surface area contributed by atoms with E-state index in [1.165, 1.54) is 5.56 Å². The Labute approximate surface area is 124 Å². The van der Waals surface area contributed by atoms with Crippen molar-refractivity contribution in [3.05, 3.63) is 53.1 Å². The van der Waals surface area contributed by atoms with Crippen molar-refractivity contribution in [1.29, 1.82) is 0 Å². The zero-order valence-corrected chi connectivity index (χ0v) is 12.6. The number of benzene rings is 2. The van der Waals surface area contributed by atoms with Crippen LogP contribution in [0.15, 0.2) is 36.4 Å². The third-order valence-corrected chi connectivity index (χ3v) is 3.41. The highest BCUT2D eigenvalue weighted by molar-refractivity contribution is 5.97. The van der Waals surface area contributed by atoms with Crippen molar-refractivity contribution in [2.24, 2.45) is 0 Å². The third kappa shape index (κ3) is 3.34. The summed E-state index contributed by atoms with van der Waals surface area (Å²) in [6.45, 7) is 6.20. The molecule has 0 radical (unpaired) electrons. The first-order valence-electron chi connectivity index (χ1n) is 6.92. The smallest absolute Gasteiger partial charge is 0.340 e. The van der Waals surface area contributed by atoms with Gasteiger partial charge in [0.2, 0.25) is 0 Å². The van der Waals surface area contributed by atoms with Gasteiger partial charge in [0.15, 0.2) is 0 Å². The fraction of sp³-hybridized carbons (Fsp3) is 0.235. The molecule has 0 heterocycles. The minimum atomic E-state index is -0.377. The molecule has 0 aliphatic heterocycles. The number of rotatable bonds is 4. The maximum atomic E-state index is 12.0. The van der Waals surface area contributed by atoms with Gasteiger partial charge < -0.3 is 15.8 Å². The molecule has 0 saturated carbocycles. The van der Waals surface area contributed by atoms with Crippen LogP contribution < -0.4 is 11.1 Å². The molecule has 0 fully saturated rings. The Balaban J connectivity index is 2.40. The third-order valence-electron chi connectivity index (χ3n) is 3.41. The summed E-state index contributed by atoms with van der Waals surface area (Å²) in [6.07, 6.45) is 0. The monoisotopic (exact) mass is 284 g/mol. The first-order chi connectivity index (χ1) is 10.0. The van der Waals surface area contributed by atoms with Crippen molar-refractivity contribution in [2.75, 3.05) is 17.7 Å². The summed E-state index contributed by atoms with van der Waals surface area (Å²) in [6, 6.07) is 11.2. The molecule has 0 aliphatic carbocycles. The van der Waals surface area contributed by atoms with Gasteiger partial charge in [0.1, 0.15) is 0 Å². The number of esters is 1. The molecule has 0 atom stereocenters. The van der Waals surface area contributed by atoms with Crippen LogP contribution in [0.5, 0.6) is 0 Å². The van der Waals surface area contributed by atoms with Gasteiger partial charge in [-0.15, -0.1) is 0 Å². The van der Waals surface area contributed by atoms with Crippen LogP contribution >= 0.6 is 0 Å². The second-order valence-electron chi connectivity index (χ2n) is 4.90. The summed E-state index contributed by atoms with van der Waals surface area (Å²) >= 11 is 0. The lowest BCUT2D eigenvalue weighted by atomic mass is 10.1. The van der Waals surface area contributed by atoms with Crippen LogP contribution in [0.1, 0.15) is 28.4 Å². The Bertz CT molecular complexity index is 666. The average molecular weight is 284 g/mol. The van der Waals surface area contributed by atoms with Gasteiger partial charge in [-0.2, -0.15) is 0 Å². The molecule has 0 unspecified atom stereocenters. The maximum absolute atomic E-state index is 12.0. The molecule has 4 heteroatoms. The lowest BCUT2D eigenvalue weighted by Crippen LogP contribution is -2.09. The van der Waals surface area contributed by atoms with E-state index in [2.05, 4.69) is 18.3 Å². The SMILES string of the molecule is CCOC(=O)c1cc(N)ccc1Nc1cccc(C)c1C. The number of aryl methyl sites for hydroxylation is 1. The Hall–Kier alpha value is -2.49. The van der Waals surface area contributed by atoms with Gasteiger partial charge in [-0.25, -0.2) is 4.79 Å². The van der Waals surface area contributed by atoms with Crippen LogP contribution in [-0.2, 0) is 4.74 Å². The molecule has 0 saturated heterocycles. The van der Waals surface area contributed by atoms with Crippen molar-refractivity contribution < 1.29 is 9.53 Å². The molecule has 0 spiro atoms. The van der Waals surface area contributed by atoms with Gasteiger partial charge in [0, 0.05) is 11.4 Å². The summed E-state index contributed by atoms with van der Waals surface area (Å²) in [4.78, 5) is 12.0. The Morgan fingerprint density at radius 1 is 1.19 bits per heavy atom. The van der Waals surface area contributed by atoms with E-state index in [4.69, 9.17) is 10.5 Å². The van der Waals surface area contributed by atoms with Crippen LogP contribution in [0.4, 0.5) is 17.1 Å². The largest absolute Gasteiger partial charge is 0.462 e. The molecule has 3 N–H and O–H groups in total. The molecule has 2 aromatic carbocycles. The summed E-state index contributed by atoms with van der Waals surface area (Å²) in [5.41, 5.74) is 10.7. The van der Waals surface area contributed by atoms with E-state index in [9.17, 15) is 4.79 Å². The lowest BCUT2D eigenvalue weighted by Gasteiger charge is -2.15. The fourth-order valence-electron chi connectivity index (χ4n) is 2.08. The van der Waals surface area contributed by atoms with Gasteiger partial charge in [0.05, 0.1) is 17.9 Å². The number of nitrogen functional groups attached to an aromatic ring is 1. The number of hydrogen-bond donors (Lipinski definition) is 2. The number of hydrogen-bond acceptors (Lipinski definition) is 4. The quantitative estimate of drug-likeness (QED) is 0.662. The van der Waals surface area contributed by atoms with Crippen molar-refractivity contribution in [3.63, 3.8) is 0 Å². The molecule has 2 rings (SSSR count). The second kappa shape index (κ2) is 6.31. The molecular formula is C17H20N2O2. The van der Waals surface area contributed by atoms with Gasteiger partial charge in [-0.1, -0.05) is 12.1 Å². The maximum Gasteiger partial charge on any atom is 0.340 e. The van der Waals surface area contributed by atoms with E-state index in [1.807, 2.05) is 19.1 Å². The minimum Gasteiger partial charge on any atom is -0.462 e. The molecule has 21 heavy (non-hydrogen) atoms. The molecular weight excluding hydrogens is 264 g/mol. The lowest BCUT2D eigenvalue weighted by molar-refractivity contribution is 0.0527. The van der Waals surface area contributed by atoms with E-state index in [0.717, 1.165) is 11.3 Å².